The molecule has 16 heavy (non-hydrogen) atoms. The summed E-state index contributed by atoms with van der Waals surface area (Å²) in [7, 11) is 0. The van der Waals surface area contributed by atoms with Gasteiger partial charge in [0.1, 0.15) is 9.39 Å². The topological polar surface area (TPSA) is 56.0 Å². The van der Waals surface area contributed by atoms with Crippen molar-refractivity contribution in [3.63, 3.8) is 0 Å². The number of hydrogen-bond donors (Lipinski definition) is 0. The zero-order valence-electron chi connectivity index (χ0n) is 9.82. The van der Waals surface area contributed by atoms with Crippen LogP contribution in [-0.2, 0) is 0 Å². The van der Waals surface area contributed by atoms with Crippen molar-refractivity contribution in [2.75, 3.05) is 0 Å². The molecule has 0 unspecified atom stereocenters. The fourth-order valence-corrected chi connectivity index (χ4v) is 2.18. The maximum atomic E-state index is 11.1. The first-order chi connectivity index (χ1) is 7.34. The van der Waals surface area contributed by atoms with E-state index >= 15 is 0 Å². The molecule has 1 rings (SSSR count). The molecule has 0 aliphatic heterocycles. The van der Waals surface area contributed by atoms with E-state index < -0.39 is 0 Å². The van der Waals surface area contributed by atoms with Crippen molar-refractivity contribution >= 4 is 28.3 Å². The van der Waals surface area contributed by atoms with Crippen molar-refractivity contribution in [1.82, 2.24) is 4.98 Å². The monoisotopic (exact) mass is 334 g/mol. The number of nitro groups is 1. The molecule has 0 aliphatic carbocycles. The molecule has 0 amide bonds. The molecule has 1 heterocycles. The van der Waals surface area contributed by atoms with Crippen LogP contribution in [0.25, 0.3) is 0 Å². The van der Waals surface area contributed by atoms with E-state index in [2.05, 4.69) is 27.6 Å². The Morgan fingerprint density at radius 3 is 2.25 bits per heavy atom. The van der Waals surface area contributed by atoms with Crippen molar-refractivity contribution < 1.29 is 4.92 Å². The van der Waals surface area contributed by atoms with Crippen LogP contribution in [-0.4, -0.2) is 9.91 Å². The van der Waals surface area contributed by atoms with Crippen LogP contribution in [0.3, 0.4) is 0 Å². The number of aromatic nitrogens is 1. The van der Waals surface area contributed by atoms with Crippen LogP contribution in [0.1, 0.15) is 50.8 Å². The summed E-state index contributed by atoms with van der Waals surface area (Å²) >= 11 is 2.10. The Bertz CT molecular complexity index is 387. The van der Waals surface area contributed by atoms with Crippen molar-refractivity contribution in [2.45, 2.75) is 39.5 Å². The van der Waals surface area contributed by atoms with Crippen LogP contribution >= 0.6 is 22.6 Å². The Hall–Kier alpha value is -0.720. The molecule has 0 saturated carbocycles. The van der Waals surface area contributed by atoms with Crippen LogP contribution in [0.15, 0.2) is 6.07 Å². The minimum Gasteiger partial charge on any atom is -0.258 e. The maximum Gasteiger partial charge on any atom is 0.294 e. The van der Waals surface area contributed by atoms with Gasteiger partial charge in [-0.15, -0.1) is 0 Å². The van der Waals surface area contributed by atoms with Crippen molar-refractivity contribution in [3.05, 3.63) is 31.1 Å². The largest absolute Gasteiger partial charge is 0.294 e. The number of pyridine rings is 1. The van der Waals surface area contributed by atoms with Gasteiger partial charge >= 0.3 is 0 Å². The van der Waals surface area contributed by atoms with Gasteiger partial charge in [-0.3, -0.25) is 10.1 Å². The zero-order valence-corrected chi connectivity index (χ0v) is 12.0. The summed E-state index contributed by atoms with van der Waals surface area (Å²) in [6, 6.07) is 1.80. The minimum atomic E-state index is -0.312. The summed E-state index contributed by atoms with van der Waals surface area (Å²) in [6.07, 6.45) is 0. The lowest BCUT2D eigenvalue weighted by Gasteiger charge is -2.12. The zero-order chi connectivity index (χ0) is 12.5. The summed E-state index contributed by atoms with van der Waals surface area (Å²) in [5.41, 5.74) is 1.54. The SMILES string of the molecule is CC(C)c1cc(I)nc(C(C)C)c1[N+](=O)[O-]. The van der Waals surface area contributed by atoms with Gasteiger partial charge in [0.05, 0.1) is 4.92 Å². The lowest BCUT2D eigenvalue weighted by Crippen LogP contribution is -2.07. The first-order valence-corrected chi connectivity index (χ1v) is 6.27. The molecule has 1 aromatic heterocycles. The van der Waals surface area contributed by atoms with Crippen LogP contribution in [0.4, 0.5) is 5.69 Å². The average molecular weight is 334 g/mol. The van der Waals surface area contributed by atoms with Gasteiger partial charge in [0.15, 0.2) is 0 Å². The van der Waals surface area contributed by atoms with Gasteiger partial charge in [0, 0.05) is 11.5 Å². The first kappa shape index (κ1) is 13.3. The molecule has 5 heteroatoms. The van der Waals surface area contributed by atoms with Gasteiger partial charge in [-0.1, -0.05) is 27.7 Å². The Kier molecular flexibility index (Phi) is 4.23. The maximum absolute atomic E-state index is 11.1. The summed E-state index contributed by atoms with van der Waals surface area (Å²) in [5.74, 6) is 0.196. The molecule has 0 saturated heterocycles. The lowest BCUT2D eigenvalue weighted by molar-refractivity contribution is -0.386. The van der Waals surface area contributed by atoms with Crippen LogP contribution < -0.4 is 0 Å². The third-order valence-corrected chi connectivity index (χ3v) is 2.92. The molecule has 4 nitrogen and oxygen atoms in total. The third-order valence-electron chi connectivity index (χ3n) is 2.37. The highest BCUT2D eigenvalue weighted by Gasteiger charge is 2.25. The Morgan fingerprint density at radius 1 is 1.31 bits per heavy atom. The highest BCUT2D eigenvalue weighted by molar-refractivity contribution is 14.1. The third kappa shape index (κ3) is 2.69. The van der Waals surface area contributed by atoms with E-state index in [4.69, 9.17) is 0 Å². The number of halogens is 1. The van der Waals surface area contributed by atoms with Crippen molar-refractivity contribution in [3.8, 4) is 0 Å². The molecule has 0 spiro atoms. The van der Waals surface area contributed by atoms with Crippen LogP contribution in [0.2, 0.25) is 0 Å². The molecule has 1 aromatic rings. The van der Waals surface area contributed by atoms with E-state index in [1.807, 2.05) is 27.7 Å². The van der Waals surface area contributed by atoms with Crippen LogP contribution in [0.5, 0.6) is 0 Å². The van der Waals surface area contributed by atoms with Gasteiger partial charge < -0.3 is 0 Å². The molecule has 0 aliphatic rings. The summed E-state index contributed by atoms with van der Waals surface area (Å²) < 4.78 is 0.815. The second kappa shape index (κ2) is 5.07. The van der Waals surface area contributed by atoms with Gasteiger partial charge in [-0.2, -0.15) is 0 Å². The van der Waals surface area contributed by atoms with E-state index in [0.717, 1.165) is 9.26 Å². The Morgan fingerprint density at radius 2 is 1.88 bits per heavy atom. The predicted molar refractivity (Wildman–Crippen MR) is 71.8 cm³/mol. The summed E-state index contributed by atoms with van der Waals surface area (Å²) in [6.45, 7) is 7.77. The number of rotatable bonds is 3. The molecular formula is C11H15IN2O2. The quantitative estimate of drug-likeness (QED) is 0.365. The molecule has 0 N–H and O–H groups in total. The normalized spacial score (nSPS) is 11.2. The predicted octanol–water partition coefficient (Wildman–Crippen LogP) is 3.84. The smallest absolute Gasteiger partial charge is 0.258 e. The van der Waals surface area contributed by atoms with Gasteiger partial charge in [-0.05, 0) is 34.6 Å². The summed E-state index contributed by atoms with van der Waals surface area (Å²) in [4.78, 5) is 15.1. The Balaban J connectivity index is 3.54. The molecule has 0 atom stereocenters. The molecule has 0 radical (unpaired) electrons. The van der Waals surface area contributed by atoms with E-state index in [9.17, 15) is 10.1 Å². The summed E-state index contributed by atoms with van der Waals surface area (Å²) in [5, 5.41) is 11.1. The number of nitrogens with zero attached hydrogens (tertiary/aromatic N) is 2. The second-order valence-electron chi connectivity index (χ2n) is 4.33. The van der Waals surface area contributed by atoms with E-state index in [1.165, 1.54) is 0 Å². The fourth-order valence-electron chi connectivity index (χ4n) is 1.59. The van der Waals surface area contributed by atoms with Gasteiger partial charge in [0.2, 0.25) is 0 Å². The molecule has 0 aromatic carbocycles. The molecular weight excluding hydrogens is 319 g/mol. The van der Waals surface area contributed by atoms with Crippen LogP contribution in [0, 0.1) is 13.8 Å². The fraction of sp³-hybridized carbons (Fsp3) is 0.545. The van der Waals surface area contributed by atoms with Gasteiger partial charge in [0.25, 0.3) is 5.69 Å². The molecule has 0 fully saturated rings. The lowest BCUT2D eigenvalue weighted by atomic mass is 9.97. The standard InChI is InChI=1S/C11H15IN2O2/c1-6(2)8-5-9(12)13-10(7(3)4)11(8)14(15)16/h5-7H,1-4H3. The average Bonchev–Trinajstić information content (AvgIpc) is 2.15. The highest BCUT2D eigenvalue weighted by Crippen LogP contribution is 2.33. The highest BCUT2D eigenvalue weighted by atomic mass is 127. The number of hydrogen-bond acceptors (Lipinski definition) is 3. The van der Waals surface area contributed by atoms with Gasteiger partial charge in [-0.25, -0.2) is 4.98 Å². The molecule has 0 bridgehead atoms. The first-order valence-electron chi connectivity index (χ1n) is 5.19. The molecule has 88 valence electrons. The van der Waals surface area contributed by atoms with Crippen molar-refractivity contribution in [1.29, 1.82) is 0 Å². The Labute approximate surface area is 109 Å². The van der Waals surface area contributed by atoms with E-state index in [0.29, 0.717) is 5.69 Å². The minimum absolute atomic E-state index is 0.0626. The van der Waals surface area contributed by atoms with E-state index in [1.54, 1.807) is 6.07 Å². The van der Waals surface area contributed by atoms with Crippen molar-refractivity contribution in [2.24, 2.45) is 0 Å². The van der Waals surface area contributed by atoms with E-state index in [-0.39, 0.29) is 22.4 Å². The second-order valence-corrected chi connectivity index (χ2v) is 5.44.